The van der Waals surface area contributed by atoms with Gasteiger partial charge in [-0.1, -0.05) is 35.9 Å². The summed E-state index contributed by atoms with van der Waals surface area (Å²) >= 11 is 5.90. The van der Waals surface area contributed by atoms with E-state index in [4.69, 9.17) is 21.6 Å². The Hall–Kier alpha value is -2.88. The highest BCUT2D eigenvalue weighted by atomic mass is 35.5. The molecule has 1 aliphatic rings. The number of amides is 1. The molecule has 6 nitrogen and oxygen atoms in total. The lowest BCUT2D eigenvalue weighted by Gasteiger charge is -2.31. The third-order valence-electron chi connectivity index (χ3n) is 4.02. The van der Waals surface area contributed by atoms with E-state index >= 15 is 0 Å². The number of hydrazone groups is 1. The molecule has 1 aliphatic heterocycles. The minimum Gasteiger partial charge on any atom is -0.482 e. The number of nitrogens with zero attached hydrogens (tertiary/aromatic N) is 3. The molecular formula is C19H16ClN3O3. The molecule has 0 saturated heterocycles. The molecule has 1 N–H and O–H groups in total. The highest BCUT2D eigenvalue weighted by Crippen LogP contribution is 2.35. The van der Waals surface area contributed by atoms with Gasteiger partial charge in [0.1, 0.15) is 11.8 Å². The van der Waals surface area contributed by atoms with Crippen LogP contribution in [0, 0.1) is 11.3 Å². The lowest BCUT2D eigenvalue weighted by Crippen LogP contribution is -2.45. The SMILES string of the molecule is CC1=NN(C(=O)COc2ccccc2C#N)[C@](O)(c2ccc(Cl)cc2)C1. The molecule has 0 fully saturated rings. The van der Waals surface area contributed by atoms with Gasteiger partial charge >= 0.3 is 0 Å². The summed E-state index contributed by atoms with van der Waals surface area (Å²) in [4.78, 5) is 12.6. The van der Waals surface area contributed by atoms with E-state index in [-0.39, 0.29) is 13.0 Å². The number of rotatable bonds is 4. The molecule has 1 heterocycles. The average molecular weight is 370 g/mol. The molecule has 132 valence electrons. The van der Waals surface area contributed by atoms with Crippen molar-refractivity contribution < 1.29 is 14.6 Å². The van der Waals surface area contributed by atoms with E-state index in [0.29, 0.717) is 27.6 Å². The van der Waals surface area contributed by atoms with Gasteiger partial charge in [-0.2, -0.15) is 15.4 Å². The summed E-state index contributed by atoms with van der Waals surface area (Å²) in [5, 5.41) is 25.9. The normalized spacial score (nSPS) is 19.0. The molecule has 26 heavy (non-hydrogen) atoms. The number of carbonyl (C=O) groups excluding carboxylic acids is 1. The quantitative estimate of drug-likeness (QED) is 0.897. The van der Waals surface area contributed by atoms with Gasteiger partial charge in [-0.25, -0.2) is 0 Å². The van der Waals surface area contributed by atoms with Gasteiger partial charge in [0.15, 0.2) is 12.3 Å². The largest absolute Gasteiger partial charge is 0.482 e. The van der Waals surface area contributed by atoms with E-state index in [1.54, 1.807) is 55.5 Å². The van der Waals surface area contributed by atoms with E-state index in [1.165, 1.54) is 0 Å². The van der Waals surface area contributed by atoms with E-state index in [9.17, 15) is 9.90 Å². The van der Waals surface area contributed by atoms with Crippen LogP contribution >= 0.6 is 11.6 Å². The van der Waals surface area contributed by atoms with Crippen LogP contribution in [0.2, 0.25) is 5.02 Å². The number of para-hydroxylation sites is 1. The summed E-state index contributed by atoms with van der Waals surface area (Å²) in [5.41, 5.74) is -0.139. The monoisotopic (exact) mass is 369 g/mol. The summed E-state index contributed by atoms with van der Waals surface area (Å²) in [6.45, 7) is 1.38. The van der Waals surface area contributed by atoms with E-state index in [1.807, 2.05) is 6.07 Å². The molecule has 0 aliphatic carbocycles. The predicted molar refractivity (Wildman–Crippen MR) is 96.6 cm³/mol. The smallest absolute Gasteiger partial charge is 0.283 e. The van der Waals surface area contributed by atoms with Gasteiger partial charge in [-0.3, -0.25) is 4.79 Å². The third kappa shape index (κ3) is 3.40. The van der Waals surface area contributed by atoms with Crippen molar-refractivity contribution in [1.29, 1.82) is 5.26 Å². The Kier molecular flexibility index (Phi) is 4.94. The van der Waals surface area contributed by atoms with Gasteiger partial charge < -0.3 is 9.84 Å². The van der Waals surface area contributed by atoms with Crippen LogP contribution in [0.5, 0.6) is 5.75 Å². The summed E-state index contributed by atoms with van der Waals surface area (Å²) in [6.07, 6.45) is 0.190. The molecule has 0 radical (unpaired) electrons. The molecular weight excluding hydrogens is 354 g/mol. The van der Waals surface area contributed by atoms with Gasteiger partial charge in [0.2, 0.25) is 0 Å². The Morgan fingerprint density at radius 2 is 2.04 bits per heavy atom. The van der Waals surface area contributed by atoms with Crippen LogP contribution in [0.3, 0.4) is 0 Å². The molecule has 1 amide bonds. The lowest BCUT2D eigenvalue weighted by atomic mass is 9.98. The number of carbonyl (C=O) groups is 1. The maximum atomic E-state index is 12.6. The zero-order chi connectivity index (χ0) is 18.7. The van der Waals surface area contributed by atoms with Crippen molar-refractivity contribution in [2.45, 2.75) is 19.1 Å². The Labute approximate surface area is 155 Å². The van der Waals surface area contributed by atoms with Crippen LogP contribution in [0.4, 0.5) is 0 Å². The van der Waals surface area contributed by atoms with Crippen molar-refractivity contribution >= 4 is 23.2 Å². The number of nitriles is 1. The molecule has 7 heteroatoms. The molecule has 0 bridgehead atoms. The number of ether oxygens (including phenoxy) is 1. The zero-order valence-electron chi connectivity index (χ0n) is 14.0. The van der Waals surface area contributed by atoms with Crippen LogP contribution < -0.4 is 4.74 Å². The van der Waals surface area contributed by atoms with Crippen molar-refractivity contribution in [3.8, 4) is 11.8 Å². The first kappa shape index (κ1) is 17.9. The predicted octanol–water partition coefficient (Wildman–Crippen LogP) is 3.04. The van der Waals surface area contributed by atoms with Crippen molar-refractivity contribution in [2.75, 3.05) is 6.61 Å². The van der Waals surface area contributed by atoms with Crippen LogP contribution in [-0.2, 0) is 10.5 Å². The minimum atomic E-state index is -1.59. The van der Waals surface area contributed by atoms with Crippen molar-refractivity contribution in [1.82, 2.24) is 5.01 Å². The molecule has 0 spiro atoms. The summed E-state index contributed by atoms with van der Waals surface area (Å²) in [7, 11) is 0. The zero-order valence-corrected chi connectivity index (χ0v) is 14.8. The molecule has 3 rings (SSSR count). The fourth-order valence-electron chi connectivity index (χ4n) is 2.81. The van der Waals surface area contributed by atoms with E-state index in [2.05, 4.69) is 5.10 Å². The number of hydrogen-bond acceptors (Lipinski definition) is 5. The number of halogens is 1. The second kappa shape index (κ2) is 7.16. The first-order valence-corrected chi connectivity index (χ1v) is 8.29. The molecule has 1 atom stereocenters. The first-order valence-electron chi connectivity index (χ1n) is 7.91. The number of hydrogen-bond donors (Lipinski definition) is 1. The van der Waals surface area contributed by atoms with Crippen molar-refractivity contribution in [3.05, 3.63) is 64.7 Å². The Balaban J connectivity index is 1.80. The summed E-state index contributed by atoms with van der Waals surface area (Å²) in [5.74, 6) is -0.217. The Morgan fingerprint density at radius 1 is 1.35 bits per heavy atom. The van der Waals surface area contributed by atoms with Crippen molar-refractivity contribution in [2.24, 2.45) is 5.10 Å². The third-order valence-corrected chi connectivity index (χ3v) is 4.28. The molecule has 2 aromatic rings. The minimum absolute atomic E-state index is 0.190. The number of benzene rings is 2. The van der Waals surface area contributed by atoms with Gasteiger partial charge in [0, 0.05) is 22.7 Å². The van der Waals surface area contributed by atoms with Crippen LogP contribution in [0.25, 0.3) is 0 Å². The lowest BCUT2D eigenvalue weighted by molar-refractivity contribution is -0.159. The Morgan fingerprint density at radius 3 is 2.73 bits per heavy atom. The standard InChI is InChI=1S/C19H16ClN3O3/c1-13-10-19(25,15-6-8-16(20)9-7-15)23(22-13)18(24)12-26-17-5-3-2-4-14(17)11-21/h2-9,25H,10,12H2,1H3/t19-/m1/s1. The fraction of sp³-hybridized carbons (Fsp3) is 0.211. The molecule has 0 unspecified atom stereocenters. The number of aliphatic hydroxyl groups is 1. The Bertz CT molecular complexity index is 905. The van der Waals surface area contributed by atoms with Crippen LogP contribution in [0.15, 0.2) is 53.6 Å². The molecule has 0 saturated carbocycles. The fourth-order valence-corrected chi connectivity index (χ4v) is 2.94. The maximum Gasteiger partial charge on any atom is 0.283 e. The van der Waals surface area contributed by atoms with Gasteiger partial charge in [0.05, 0.1) is 5.56 Å². The van der Waals surface area contributed by atoms with Gasteiger partial charge in [-0.05, 0) is 31.2 Å². The highest BCUT2D eigenvalue weighted by molar-refractivity contribution is 6.30. The first-order chi connectivity index (χ1) is 12.4. The van der Waals surface area contributed by atoms with Gasteiger partial charge in [-0.15, -0.1) is 0 Å². The highest BCUT2D eigenvalue weighted by Gasteiger charge is 2.44. The van der Waals surface area contributed by atoms with Gasteiger partial charge in [0.25, 0.3) is 5.91 Å². The van der Waals surface area contributed by atoms with E-state index in [0.717, 1.165) is 5.01 Å². The molecule has 0 aromatic heterocycles. The average Bonchev–Trinajstić information content (AvgIpc) is 2.96. The van der Waals surface area contributed by atoms with E-state index < -0.39 is 11.6 Å². The summed E-state index contributed by atoms with van der Waals surface area (Å²) < 4.78 is 5.47. The summed E-state index contributed by atoms with van der Waals surface area (Å²) in [6, 6.07) is 15.2. The van der Waals surface area contributed by atoms with Crippen LogP contribution in [-0.4, -0.2) is 28.3 Å². The topological polar surface area (TPSA) is 85.9 Å². The van der Waals surface area contributed by atoms with Crippen LogP contribution in [0.1, 0.15) is 24.5 Å². The second-order valence-electron chi connectivity index (χ2n) is 5.94. The maximum absolute atomic E-state index is 12.6. The molecule has 2 aromatic carbocycles. The van der Waals surface area contributed by atoms with Crippen molar-refractivity contribution in [3.63, 3.8) is 0 Å². The second-order valence-corrected chi connectivity index (χ2v) is 6.37.